The molecule has 2 N–H and O–H groups in total. The molecule has 0 spiro atoms. The molecule has 1 aliphatic rings. The first-order valence-electron chi connectivity index (χ1n) is 8.18. The minimum absolute atomic E-state index is 0.0881. The quantitative estimate of drug-likeness (QED) is 0.378. The number of benzene rings is 2. The van der Waals surface area contributed by atoms with Crippen LogP contribution in [0, 0.1) is 0 Å². The Hall–Kier alpha value is -2.92. The van der Waals surface area contributed by atoms with Crippen LogP contribution < -0.4 is 15.0 Å². The number of carbonyl (C=O) groups excluding carboxylic acids is 2. The number of aromatic hydroxyl groups is 1. The highest BCUT2D eigenvalue weighted by Gasteiger charge is 2.36. The van der Waals surface area contributed by atoms with Gasteiger partial charge in [-0.15, -0.1) is 0 Å². The lowest BCUT2D eigenvalue weighted by Crippen LogP contribution is -2.54. The van der Waals surface area contributed by atoms with Gasteiger partial charge in [-0.3, -0.25) is 19.8 Å². The first-order valence-corrected chi connectivity index (χ1v) is 9.38. The molecule has 156 valence electrons. The summed E-state index contributed by atoms with van der Waals surface area (Å²) in [5.74, 6) is -1.79. The van der Waals surface area contributed by atoms with Gasteiger partial charge >= 0.3 is 6.18 Å². The molecule has 6 nitrogen and oxygen atoms in total. The number of ether oxygens (including phenoxy) is 1. The summed E-state index contributed by atoms with van der Waals surface area (Å²) in [6, 6.07) is 6.85. The molecule has 0 unspecified atom stereocenters. The summed E-state index contributed by atoms with van der Waals surface area (Å²) in [7, 11) is 1.32. The van der Waals surface area contributed by atoms with E-state index in [2.05, 4.69) is 21.2 Å². The fraction of sp³-hybridized carbons (Fsp3) is 0.105. The number of phenolic OH excluding ortho intramolecular Hbond substituents is 1. The Morgan fingerprint density at radius 3 is 2.57 bits per heavy atom. The highest BCUT2D eigenvalue weighted by Crippen LogP contribution is 2.36. The number of nitrogens with zero attached hydrogens (tertiary/aromatic N) is 1. The van der Waals surface area contributed by atoms with E-state index in [-0.39, 0.29) is 32.3 Å². The van der Waals surface area contributed by atoms with Crippen molar-refractivity contribution in [3.8, 4) is 11.5 Å². The topological polar surface area (TPSA) is 78.9 Å². The molecule has 1 aliphatic heterocycles. The van der Waals surface area contributed by atoms with E-state index in [1.807, 2.05) is 0 Å². The smallest absolute Gasteiger partial charge is 0.416 e. The van der Waals surface area contributed by atoms with Crippen LogP contribution in [0.5, 0.6) is 11.5 Å². The number of hydrogen-bond donors (Lipinski definition) is 2. The Bertz CT molecular complexity index is 1100. The zero-order valence-electron chi connectivity index (χ0n) is 15.1. The van der Waals surface area contributed by atoms with Crippen LogP contribution in [0.25, 0.3) is 6.08 Å². The number of thiocarbonyl (C=S) groups is 1. The molecular weight excluding hydrogens is 489 g/mol. The predicted molar refractivity (Wildman–Crippen MR) is 110 cm³/mol. The average molecular weight is 501 g/mol. The molecular formula is C19H12BrF3N2O4S. The summed E-state index contributed by atoms with van der Waals surface area (Å²) < 4.78 is 44.4. The second-order valence-electron chi connectivity index (χ2n) is 6.06. The monoisotopic (exact) mass is 500 g/mol. The van der Waals surface area contributed by atoms with Crippen molar-refractivity contribution in [2.24, 2.45) is 0 Å². The average Bonchev–Trinajstić information content (AvgIpc) is 2.67. The van der Waals surface area contributed by atoms with E-state index in [0.29, 0.717) is 5.56 Å². The van der Waals surface area contributed by atoms with Crippen molar-refractivity contribution < 1.29 is 32.6 Å². The maximum Gasteiger partial charge on any atom is 0.416 e. The van der Waals surface area contributed by atoms with E-state index in [1.165, 1.54) is 31.4 Å². The van der Waals surface area contributed by atoms with Crippen molar-refractivity contribution in [3.05, 3.63) is 57.6 Å². The largest absolute Gasteiger partial charge is 0.503 e. The molecule has 2 aromatic rings. The summed E-state index contributed by atoms with van der Waals surface area (Å²) in [5.41, 5.74) is -1.15. The Balaban J connectivity index is 2.06. The van der Waals surface area contributed by atoms with Crippen LogP contribution >= 0.6 is 28.1 Å². The SMILES string of the molecule is COc1cc(/C=C2\C(=O)NC(=S)N(c3cccc(C(F)(F)F)c3)C2=O)cc(Br)c1O. The van der Waals surface area contributed by atoms with Gasteiger partial charge in [0.1, 0.15) is 5.57 Å². The van der Waals surface area contributed by atoms with Crippen LogP contribution in [-0.2, 0) is 15.8 Å². The first kappa shape index (κ1) is 21.8. The molecule has 0 atom stereocenters. The highest BCUT2D eigenvalue weighted by atomic mass is 79.9. The maximum absolute atomic E-state index is 13.0. The zero-order valence-corrected chi connectivity index (χ0v) is 17.5. The molecule has 2 amide bonds. The third kappa shape index (κ3) is 4.17. The number of carbonyl (C=O) groups is 2. The molecule has 2 aromatic carbocycles. The molecule has 11 heteroatoms. The Kier molecular flexibility index (Phi) is 5.86. The minimum atomic E-state index is -4.62. The second kappa shape index (κ2) is 8.07. The number of hydrogen-bond acceptors (Lipinski definition) is 5. The molecule has 0 saturated carbocycles. The van der Waals surface area contributed by atoms with E-state index >= 15 is 0 Å². The van der Waals surface area contributed by atoms with Crippen molar-refractivity contribution in [2.45, 2.75) is 6.18 Å². The third-order valence-electron chi connectivity index (χ3n) is 4.12. The van der Waals surface area contributed by atoms with Crippen molar-refractivity contribution in [1.29, 1.82) is 0 Å². The summed E-state index contributed by atoms with van der Waals surface area (Å²) >= 11 is 8.13. The fourth-order valence-electron chi connectivity index (χ4n) is 2.71. The lowest BCUT2D eigenvalue weighted by molar-refractivity contribution is -0.137. The normalized spacial score (nSPS) is 16.1. The third-order valence-corrected chi connectivity index (χ3v) is 5.00. The van der Waals surface area contributed by atoms with Gasteiger partial charge in [-0.2, -0.15) is 13.2 Å². The lowest BCUT2D eigenvalue weighted by atomic mass is 10.1. The molecule has 1 heterocycles. The summed E-state index contributed by atoms with van der Waals surface area (Å²) in [4.78, 5) is 26.1. The molecule has 0 radical (unpaired) electrons. The highest BCUT2D eigenvalue weighted by molar-refractivity contribution is 9.10. The lowest BCUT2D eigenvalue weighted by Gasteiger charge is -2.29. The van der Waals surface area contributed by atoms with Crippen LogP contribution in [0.1, 0.15) is 11.1 Å². The van der Waals surface area contributed by atoms with E-state index in [4.69, 9.17) is 17.0 Å². The van der Waals surface area contributed by atoms with Gasteiger partial charge in [0.05, 0.1) is 22.8 Å². The van der Waals surface area contributed by atoms with Gasteiger partial charge in [-0.1, -0.05) is 6.07 Å². The number of methoxy groups -OCH3 is 1. The number of halogens is 4. The molecule has 3 rings (SSSR count). The predicted octanol–water partition coefficient (Wildman–Crippen LogP) is 4.01. The molecule has 1 saturated heterocycles. The Labute approximate surface area is 182 Å². The van der Waals surface area contributed by atoms with Crippen LogP contribution in [0.15, 0.2) is 46.4 Å². The van der Waals surface area contributed by atoms with Crippen molar-refractivity contribution in [3.63, 3.8) is 0 Å². The maximum atomic E-state index is 13.0. The van der Waals surface area contributed by atoms with E-state index < -0.39 is 23.6 Å². The van der Waals surface area contributed by atoms with Crippen molar-refractivity contribution in [1.82, 2.24) is 5.32 Å². The van der Waals surface area contributed by atoms with Crippen LogP contribution in [0.2, 0.25) is 0 Å². The van der Waals surface area contributed by atoms with Gasteiger partial charge < -0.3 is 9.84 Å². The molecule has 1 fully saturated rings. The van der Waals surface area contributed by atoms with Crippen LogP contribution in [-0.4, -0.2) is 29.1 Å². The van der Waals surface area contributed by atoms with Gasteiger partial charge in [0, 0.05) is 0 Å². The molecule has 0 bridgehead atoms. The molecule has 0 aromatic heterocycles. The van der Waals surface area contributed by atoms with Crippen LogP contribution in [0.3, 0.4) is 0 Å². The van der Waals surface area contributed by atoms with E-state index in [9.17, 15) is 27.9 Å². The van der Waals surface area contributed by atoms with Gasteiger partial charge in [-0.05, 0) is 70.1 Å². The number of amides is 2. The Morgan fingerprint density at radius 2 is 1.93 bits per heavy atom. The molecule has 0 aliphatic carbocycles. The van der Waals surface area contributed by atoms with Gasteiger partial charge in [0.25, 0.3) is 11.8 Å². The second-order valence-corrected chi connectivity index (χ2v) is 7.30. The van der Waals surface area contributed by atoms with Gasteiger partial charge in [0.2, 0.25) is 0 Å². The number of rotatable bonds is 3. The first-order chi connectivity index (χ1) is 14.0. The van der Waals surface area contributed by atoms with Crippen molar-refractivity contribution >= 4 is 56.8 Å². The van der Waals surface area contributed by atoms with Gasteiger partial charge in [-0.25, -0.2) is 0 Å². The summed E-state index contributed by atoms with van der Waals surface area (Å²) in [5, 5.41) is 11.8. The number of phenols is 1. The summed E-state index contributed by atoms with van der Waals surface area (Å²) in [6.45, 7) is 0. The number of alkyl halides is 3. The number of anilines is 1. The zero-order chi connectivity index (χ0) is 22.2. The number of nitrogens with one attached hydrogen (secondary N) is 1. The fourth-order valence-corrected chi connectivity index (χ4v) is 3.45. The minimum Gasteiger partial charge on any atom is -0.503 e. The molecule has 30 heavy (non-hydrogen) atoms. The summed E-state index contributed by atoms with van der Waals surface area (Å²) in [6.07, 6.45) is -3.40. The van der Waals surface area contributed by atoms with Crippen molar-refractivity contribution in [2.75, 3.05) is 12.0 Å². The standard InChI is InChI=1S/C19H12BrF3N2O4S/c1-29-14-7-9(6-13(20)15(14)26)5-12-16(27)24-18(30)25(17(12)28)11-4-2-3-10(8-11)19(21,22)23/h2-8,26H,1H3,(H,24,27,30)/b12-5+. The van der Waals surface area contributed by atoms with Gasteiger partial charge in [0.15, 0.2) is 16.6 Å². The Morgan fingerprint density at radius 1 is 1.23 bits per heavy atom. The van der Waals surface area contributed by atoms with E-state index in [0.717, 1.165) is 23.1 Å². The van der Waals surface area contributed by atoms with Crippen LogP contribution in [0.4, 0.5) is 18.9 Å². The van der Waals surface area contributed by atoms with E-state index in [1.54, 1.807) is 0 Å².